The maximum Gasteiger partial charge on any atom is 0.222 e. The molecule has 0 amide bonds. The predicted octanol–water partition coefficient (Wildman–Crippen LogP) is -1.98. The van der Waals surface area contributed by atoms with E-state index in [2.05, 4.69) is 15.0 Å². The lowest BCUT2D eigenvalue weighted by Crippen LogP contribution is -2.33. The Bertz CT molecular complexity index is 603. The van der Waals surface area contributed by atoms with Crippen molar-refractivity contribution in [1.82, 2.24) is 19.5 Å². The fourth-order valence-electron chi connectivity index (χ4n) is 2.15. The van der Waals surface area contributed by atoms with Crippen LogP contribution >= 0.6 is 0 Å². The standard InChI is InChI=1S/C10H13N5O4/c11-10-12-1-4-8(14-10)13-3-15(4)9-7(18)6(17)5(2-16)19-9/h1,3,5-7,9,16-18H,2H2,(H2,11,12,14)/t5-,6-,7?,9-/m1/s1. The van der Waals surface area contributed by atoms with Crippen LogP contribution in [0.1, 0.15) is 6.23 Å². The molecule has 9 nitrogen and oxygen atoms in total. The van der Waals surface area contributed by atoms with Gasteiger partial charge in [-0.2, -0.15) is 4.98 Å². The van der Waals surface area contributed by atoms with Gasteiger partial charge in [0, 0.05) is 0 Å². The average molecular weight is 267 g/mol. The summed E-state index contributed by atoms with van der Waals surface area (Å²) in [6.07, 6.45) is -1.16. The van der Waals surface area contributed by atoms with Crippen LogP contribution in [0.5, 0.6) is 0 Å². The smallest absolute Gasteiger partial charge is 0.222 e. The van der Waals surface area contributed by atoms with Crippen LogP contribution in [0.15, 0.2) is 12.5 Å². The van der Waals surface area contributed by atoms with Crippen LogP contribution < -0.4 is 5.73 Å². The Morgan fingerprint density at radius 2 is 2.11 bits per heavy atom. The first-order valence-corrected chi connectivity index (χ1v) is 5.69. The first kappa shape index (κ1) is 12.2. The van der Waals surface area contributed by atoms with Crippen LogP contribution in [0.2, 0.25) is 0 Å². The van der Waals surface area contributed by atoms with Crippen molar-refractivity contribution in [3.63, 3.8) is 0 Å². The molecule has 0 aliphatic carbocycles. The van der Waals surface area contributed by atoms with Crippen LogP contribution in [0, 0.1) is 0 Å². The topological polar surface area (TPSA) is 140 Å². The number of ether oxygens (including phenoxy) is 1. The van der Waals surface area contributed by atoms with Gasteiger partial charge in [-0.1, -0.05) is 0 Å². The first-order valence-electron chi connectivity index (χ1n) is 5.69. The van der Waals surface area contributed by atoms with Gasteiger partial charge in [0.1, 0.15) is 23.8 Å². The molecule has 0 aromatic carbocycles. The molecular weight excluding hydrogens is 254 g/mol. The van der Waals surface area contributed by atoms with Gasteiger partial charge in [0.15, 0.2) is 11.9 Å². The lowest BCUT2D eigenvalue weighted by atomic mass is 10.1. The van der Waals surface area contributed by atoms with E-state index in [0.717, 1.165) is 0 Å². The number of fused-ring (bicyclic) bond motifs is 1. The number of anilines is 1. The molecule has 9 heteroatoms. The first-order chi connectivity index (χ1) is 9.11. The largest absolute Gasteiger partial charge is 0.394 e. The number of aromatic nitrogens is 4. The minimum Gasteiger partial charge on any atom is -0.394 e. The van der Waals surface area contributed by atoms with Crippen LogP contribution in [0.25, 0.3) is 11.2 Å². The van der Waals surface area contributed by atoms with E-state index in [4.69, 9.17) is 15.6 Å². The minimum atomic E-state index is -1.17. The molecular formula is C10H13N5O4. The van der Waals surface area contributed by atoms with E-state index in [1.807, 2.05) is 0 Å². The number of rotatable bonds is 2. The van der Waals surface area contributed by atoms with Crippen molar-refractivity contribution in [3.05, 3.63) is 12.5 Å². The quantitative estimate of drug-likeness (QED) is 0.491. The molecule has 1 unspecified atom stereocenters. The van der Waals surface area contributed by atoms with E-state index in [0.29, 0.717) is 11.2 Å². The van der Waals surface area contributed by atoms with Gasteiger partial charge < -0.3 is 25.8 Å². The lowest BCUT2D eigenvalue weighted by Gasteiger charge is -2.16. The number of hydrogen-bond acceptors (Lipinski definition) is 8. The number of aliphatic hydroxyl groups is 3. The van der Waals surface area contributed by atoms with Gasteiger partial charge in [0.2, 0.25) is 5.95 Å². The molecule has 5 N–H and O–H groups in total. The summed E-state index contributed by atoms with van der Waals surface area (Å²) < 4.78 is 6.90. The molecule has 4 atom stereocenters. The Kier molecular flexibility index (Phi) is 2.82. The highest BCUT2D eigenvalue weighted by Gasteiger charge is 2.43. The molecule has 0 saturated carbocycles. The van der Waals surface area contributed by atoms with Crippen molar-refractivity contribution in [2.45, 2.75) is 24.5 Å². The molecule has 19 heavy (non-hydrogen) atoms. The molecule has 1 fully saturated rings. The Hall–Kier alpha value is -1.81. The van der Waals surface area contributed by atoms with Crippen molar-refractivity contribution in [1.29, 1.82) is 0 Å². The second-order valence-electron chi connectivity index (χ2n) is 4.32. The summed E-state index contributed by atoms with van der Waals surface area (Å²) in [4.78, 5) is 11.8. The van der Waals surface area contributed by atoms with E-state index in [1.165, 1.54) is 17.1 Å². The highest BCUT2D eigenvalue weighted by molar-refractivity contribution is 5.70. The lowest BCUT2D eigenvalue weighted by molar-refractivity contribution is -0.0509. The summed E-state index contributed by atoms with van der Waals surface area (Å²) in [5.74, 6) is 0.0962. The van der Waals surface area contributed by atoms with Gasteiger partial charge in [-0.25, -0.2) is 9.97 Å². The summed E-state index contributed by atoms with van der Waals surface area (Å²) in [6, 6.07) is 0. The van der Waals surface area contributed by atoms with E-state index in [9.17, 15) is 10.2 Å². The summed E-state index contributed by atoms with van der Waals surface area (Å²) in [7, 11) is 0. The van der Waals surface area contributed by atoms with Crippen molar-refractivity contribution in [3.8, 4) is 0 Å². The molecule has 3 rings (SSSR count). The van der Waals surface area contributed by atoms with Crippen molar-refractivity contribution < 1.29 is 20.1 Å². The van der Waals surface area contributed by atoms with Gasteiger partial charge in [0.05, 0.1) is 19.1 Å². The monoisotopic (exact) mass is 267 g/mol. The third-order valence-corrected chi connectivity index (χ3v) is 3.14. The summed E-state index contributed by atoms with van der Waals surface area (Å²) in [5, 5.41) is 28.7. The molecule has 3 heterocycles. The second kappa shape index (κ2) is 4.38. The zero-order chi connectivity index (χ0) is 13.6. The number of imidazole rings is 1. The number of nitrogen functional groups attached to an aromatic ring is 1. The Morgan fingerprint density at radius 3 is 2.79 bits per heavy atom. The van der Waals surface area contributed by atoms with Gasteiger partial charge in [-0.15, -0.1) is 0 Å². The normalized spacial score (nSPS) is 31.1. The highest BCUT2D eigenvalue weighted by atomic mass is 16.6. The number of nitrogens with zero attached hydrogens (tertiary/aromatic N) is 4. The number of aliphatic hydroxyl groups excluding tert-OH is 3. The maximum atomic E-state index is 9.94. The van der Waals surface area contributed by atoms with E-state index < -0.39 is 24.5 Å². The van der Waals surface area contributed by atoms with Crippen LogP contribution in [-0.2, 0) is 4.74 Å². The fourth-order valence-corrected chi connectivity index (χ4v) is 2.15. The van der Waals surface area contributed by atoms with Crippen LogP contribution in [-0.4, -0.2) is 59.8 Å². The van der Waals surface area contributed by atoms with Crippen molar-refractivity contribution in [2.75, 3.05) is 12.3 Å². The SMILES string of the molecule is Nc1ncc2c(ncn2[C@@H]2O[C@H](CO)[C@@H](O)C2O)n1. The van der Waals surface area contributed by atoms with Crippen LogP contribution in [0.4, 0.5) is 5.95 Å². The molecule has 2 aromatic heterocycles. The van der Waals surface area contributed by atoms with E-state index in [-0.39, 0.29) is 12.6 Å². The molecule has 0 spiro atoms. The Morgan fingerprint density at radius 1 is 1.32 bits per heavy atom. The maximum absolute atomic E-state index is 9.94. The average Bonchev–Trinajstić information content (AvgIpc) is 2.92. The highest BCUT2D eigenvalue weighted by Crippen LogP contribution is 2.31. The molecule has 102 valence electrons. The molecule has 1 aliphatic heterocycles. The van der Waals surface area contributed by atoms with E-state index in [1.54, 1.807) is 0 Å². The molecule has 0 radical (unpaired) electrons. The third kappa shape index (κ3) is 1.83. The summed E-state index contributed by atoms with van der Waals surface area (Å²) in [5.41, 5.74) is 6.34. The van der Waals surface area contributed by atoms with E-state index >= 15 is 0 Å². The molecule has 0 bridgehead atoms. The number of nitrogens with two attached hydrogens (primary N) is 1. The molecule has 1 aliphatic rings. The molecule has 1 saturated heterocycles. The second-order valence-corrected chi connectivity index (χ2v) is 4.32. The van der Waals surface area contributed by atoms with Gasteiger partial charge in [0.25, 0.3) is 0 Å². The summed E-state index contributed by atoms with van der Waals surface area (Å²) >= 11 is 0. The Labute approximate surface area is 107 Å². The minimum absolute atomic E-state index is 0.0962. The zero-order valence-electron chi connectivity index (χ0n) is 9.79. The summed E-state index contributed by atoms with van der Waals surface area (Å²) in [6.45, 7) is -0.384. The molecule has 2 aromatic rings. The fraction of sp³-hybridized carbons (Fsp3) is 0.500. The van der Waals surface area contributed by atoms with Gasteiger partial charge in [-0.3, -0.25) is 4.57 Å². The van der Waals surface area contributed by atoms with Crippen LogP contribution in [0.3, 0.4) is 0 Å². The van der Waals surface area contributed by atoms with Crippen molar-refractivity contribution in [2.24, 2.45) is 0 Å². The number of hydrogen-bond donors (Lipinski definition) is 4. The van der Waals surface area contributed by atoms with Gasteiger partial charge >= 0.3 is 0 Å². The Balaban J connectivity index is 2.01. The third-order valence-electron chi connectivity index (χ3n) is 3.14. The van der Waals surface area contributed by atoms with Gasteiger partial charge in [-0.05, 0) is 0 Å². The predicted molar refractivity (Wildman–Crippen MR) is 62.7 cm³/mol. The zero-order valence-corrected chi connectivity index (χ0v) is 9.79. The van der Waals surface area contributed by atoms with Crippen molar-refractivity contribution >= 4 is 17.1 Å².